The second-order valence-corrected chi connectivity index (χ2v) is 4.88. The van der Waals surface area contributed by atoms with Crippen LogP contribution in [0.4, 0.5) is 11.4 Å². The second-order valence-electron chi connectivity index (χ2n) is 4.88. The molecule has 0 bridgehead atoms. The molecule has 0 radical (unpaired) electrons. The Balaban J connectivity index is 1.87. The van der Waals surface area contributed by atoms with Gasteiger partial charge in [0.25, 0.3) is 5.69 Å². The van der Waals surface area contributed by atoms with Gasteiger partial charge in [-0.15, -0.1) is 0 Å². The topological polar surface area (TPSA) is 84.7 Å². The summed E-state index contributed by atoms with van der Waals surface area (Å²) in [6, 6.07) is 4.89. The third kappa shape index (κ3) is 3.91. The van der Waals surface area contributed by atoms with Gasteiger partial charge in [-0.2, -0.15) is 0 Å². The number of nitrogens with one attached hydrogen (secondary N) is 1. The molecule has 0 aliphatic carbocycles. The Morgan fingerprint density at radius 1 is 1.43 bits per heavy atom. The number of anilines is 1. The zero-order valence-electron chi connectivity index (χ0n) is 12.0. The molecule has 1 N–H and O–H groups in total. The number of ether oxygens (including phenoxy) is 1. The molecule has 0 saturated carbocycles. The number of carbonyl (C=O) groups excluding carboxylic acids is 1. The van der Waals surface area contributed by atoms with Crippen LogP contribution < -0.4 is 5.32 Å². The zero-order chi connectivity index (χ0) is 15.2. The number of morpholine rings is 1. The lowest BCUT2D eigenvalue weighted by molar-refractivity contribution is -0.385. The van der Waals surface area contributed by atoms with Crippen molar-refractivity contribution in [3.8, 4) is 0 Å². The third-order valence-electron chi connectivity index (χ3n) is 3.52. The molecule has 0 spiro atoms. The van der Waals surface area contributed by atoms with Gasteiger partial charge in [0.2, 0.25) is 5.91 Å². The number of amides is 1. The van der Waals surface area contributed by atoms with Crippen molar-refractivity contribution in [3.05, 3.63) is 33.9 Å². The molecular weight excluding hydrogens is 274 g/mol. The van der Waals surface area contributed by atoms with Crippen molar-refractivity contribution < 1.29 is 14.5 Å². The average Bonchev–Trinajstić information content (AvgIpc) is 2.49. The summed E-state index contributed by atoms with van der Waals surface area (Å²) in [5.41, 5.74) is 1.36. The summed E-state index contributed by atoms with van der Waals surface area (Å²) >= 11 is 0. The molecule has 1 aromatic rings. The molecule has 1 fully saturated rings. The number of carbonyl (C=O) groups is 1. The third-order valence-corrected chi connectivity index (χ3v) is 3.52. The monoisotopic (exact) mass is 293 g/mol. The maximum absolute atomic E-state index is 12.0. The van der Waals surface area contributed by atoms with Gasteiger partial charge in [0.1, 0.15) is 0 Å². The molecule has 114 valence electrons. The lowest BCUT2D eigenvalue weighted by atomic mass is 10.1. The number of benzene rings is 1. The van der Waals surface area contributed by atoms with Gasteiger partial charge >= 0.3 is 0 Å². The molecule has 1 aliphatic rings. The predicted molar refractivity (Wildman–Crippen MR) is 78.3 cm³/mol. The Hall–Kier alpha value is -2.15. The summed E-state index contributed by atoms with van der Waals surface area (Å²) in [7, 11) is 0. The van der Waals surface area contributed by atoms with Gasteiger partial charge in [0.05, 0.1) is 18.1 Å². The lowest BCUT2D eigenvalue weighted by Crippen LogP contribution is -2.41. The van der Waals surface area contributed by atoms with Crippen LogP contribution in [0.5, 0.6) is 0 Å². The standard InChI is InChI=1S/C14H19N3O4/c1-11-12(3-2-4-13(11)17(19)20)15-6-5-14(18)16-7-9-21-10-8-16/h2-4,15H,5-10H2,1H3. The van der Waals surface area contributed by atoms with Crippen LogP contribution in [-0.4, -0.2) is 48.6 Å². The van der Waals surface area contributed by atoms with Crippen molar-refractivity contribution in [3.63, 3.8) is 0 Å². The fourth-order valence-electron chi connectivity index (χ4n) is 2.29. The van der Waals surface area contributed by atoms with Crippen LogP contribution in [0.1, 0.15) is 12.0 Å². The van der Waals surface area contributed by atoms with Crippen LogP contribution in [0.25, 0.3) is 0 Å². The number of nitrogens with zero attached hydrogens (tertiary/aromatic N) is 2. The van der Waals surface area contributed by atoms with E-state index in [0.717, 1.165) is 0 Å². The fraction of sp³-hybridized carbons (Fsp3) is 0.500. The maximum Gasteiger partial charge on any atom is 0.274 e. The van der Waals surface area contributed by atoms with Crippen molar-refractivity contribution in [2.75, 3.05) is 38.2 Å². The van der Waals surface area contributed by atoms with Crippen LogP contribution in [-0.2, 0) is 9.53 Å². The Morgan fingerprint density at radius 3 is 2.81 bits per heavy atom. The number of hydrogen-bond acceptors (Lipinski definition) is 5. The van der Waals surface area contributed by atoms with E-state index in [9.17, 15) is 14.9 Å². The first-order valence-electron chi connectivity index (χ1n) is 6.93. The van der Waals surface area contributed by atoms with Gasteiger partial charge in [-0.1, -0.05) is 6.07 Å². The van der Waals surface area contributed by atoms with E-state index in [2.05, 4.69) is 5.32 Å². The Kier molecular flexibility index (Phi) is 5.10. The van der Waals surface area contributed by atoms with E-state index in [1.165, 1.54) is 6.07 Å². The Morgan fingerprint density at radius 2 is 2.14 bits per heavy atom. The molecule has 1 aromatic carbocycles. The van der Waals surface area contributed by atoms with Gasteiger partial charge in [-0.05, 0) is 13.0 Å². The highest BCUT2D eigenvalue weighted by atomic mass is 16.6. The number of rotatable bonds is 5. The molecule has 0 atom stereocenters. The van der Waals surface area contributed by atoms with Crippen LogP contribution >= 0.6 is 0 Å². The molecule has 21 heavy (non-hydrogen) atoms. The summed E-state index contributed by atoms with van der Waals surface area (Å²) in [5, 5.41) is 14.0. The van der Waals surface area contributed by atoms with E-state index in [1.54, 1.807) is 24.0 Å². The van der Waals surface area contributed by atoms with Gasteiger partial charge < -0.3 is 15.0 Å². The number of nitro groups is 1. The van der Waals surface area contributed by atoms with E-state index in [0.29, 0.717) is 50.5 Å². The van der Waals surface area contributed by atoms with Crippen molar-refractivity contribution in [1.82, 2.24) is 4.90 Å². The van der Waals surface area contributed by atoms with Gasteiger partial charge in [0.15, 0.2) is 0 Å². The maximum atomic E-state index is 12.0. The van der Waals surface area contributed by atoms with Gasteiger partial charge in [0, 0.05) is 43.4 Å². The van der Waals surface area contributed by atoms with Crippen LogP contribution in [0.2, 0.25) is 0 Å². The summed E-state index contributed by atoms with van der Waals surface area (Å²) in [6.45, 7) is 4.60. The minimum Gasteiger partial charge on any atom is -0.384 e. The Labute approximate surface area is 123 Å². The normalized spacial score (nSPS) is 14.8. The summed E-state index contributed by atoms with van der Waals surface area (Å²) in [6.07, 6.45) is 0.363. The van der Waals surface area contributed by atoms with Crippen LogP contribution in [0, 0.1) is 17.0 Å². The highest BCUT2D eigenvalue weighted by Gasteiger charge is 2.17. The van der Waals surface area contributed by atoms with Crippen LogP contribution in [0.3, 0.4) is 0 Å². The van der Waals surface area contributed by atoms with E-state index in [1.807, 2.05) is 0 Å². The van der Waals surface area contributed by atoms with Crippen molar-refractivity contribution in [2.24, 2.45) is 0 Å². The van der Waals surface area contributed by atoms with E-state index in [-0.39, 0.29) is 11.6 Å². The summed E-state index contributed by atoms with van der Waals surface area (Å²) < 4.78 is 5.20. The smallest absolute Gasteiger partial charge is 0.274 e. The largest absolute Gasteiger partial charge is 0.384 e. The van der Waals surface area contributed by atoms with Gasteiger partial charge in [-0.25, -0.2) is 0 Å². The molecule has 0 unspecified atom stereocenters. The highest BCUT2D eigenvalue weighted by Crippen LogP contribution is 2.24. The quantitative estimate of drug-likeness (QED) is 0.658. The number of hydrogen-bond donors (Lipinski definition) is 1. The fourth-order valence-corrected chi connectivity index (χ4v) is 2.29. The van der Waals surface area contributed by atoms with Crippen LogP contribution in [0.15, 0.2) is 18.2 Å². The molecular formula is C14H19N3O4. The zero-order valence-corrected chi connectivity index (χ0v) is 12.0. The molecule has 1 amide bonds. The van der Waals surface area contributed by atoms with E-state index >= 15 is 0 Å². The van der Waals surface area contributed by atoms with E-state index in [4.69, 9.17) is 4.74 Å². The second kappa shape index (κ2) is 7.03. The minimum atomic E-state index is -0.403. The van der Waals surface area contributed by atoms with Gasteiger partial charge in [-0.3, -0.25) is 14.9 Å². The molecule has 0 aromatic heterocycles. The van der Waals surface area contributed by atoms with E-state index < -0.39 is 4.92 Å². The molecule has 1 saturated heterocycles. The summed E-state index contributed by atoms with van der Waals surface area (Å²) in [5.74, 6) is 0.0777. The Bertz CT molecular complexity index is 527. The highest BCUT2D eigenvalue weighted by molar-refractivity contribution is 5.77. The molecule has 1 heterocycles. The van der Waals surface area contributed by atoms with Crippen molar-refractivity contribution in [1.29, 1.82) is 0 Å². The molecule has 1 aliphatic heterocycles. The molecule has 7 heteroatoms. The molecule has 7 nitrogen and oxygen atoms in total. The minimum absolute atomic E-state index is 0.0777. The predicted octanol–water partition coefficient (Wildman–Crippen LogP) is 1.56. The first-order chi connectivity index (χ1) is 10.1. The first kappa shape index (κ1) is 15.2. The first-order valence-corrected chi connectivity index (χ1v) is 6.93. The lowest BCUT2D eigenvalue weighted by Gasteiger charge is -2.27. The molecule has 2 rings (SSSR count). The number of nitro benzene ring substituents is 1. The SMILES string of the molecule is Cc1c(NCCC(=O)N2CCOCC2)cccc1[N+](=O)[O-]. The van der Waals surface area contributed by atoms with Crippen molar-refractivity contribution in [2.45, 2.75) is 13.3 Å². The average molecular weight is 293 g/mol. The summed E-state index contributed by atoms with van der Waals surface area (Å²) in [4.78, 5) is 24.2. The van der Waals surface area contributed by atoms with Crippen molar-refractivity contribution >= 4 is 17.3 Å².